The molecule has 0 aliphatic rings. The molecule has 0 saturated heterocycles. The second kappa shape index (κ2) is 5.95. The molecule has 2 aromatic rings. The van der Waals surface area contributed by atoms with Gasteiger partial charge in [0.05, 0.1) is 0 Å². The smallest absolute Gasteiger partial charge is 0.306 e. The highest BCUT2D eigenvalue weighted by Gasteiger charge is 2.09. The van der Waals surface area contributed by atoms with Crippen LogP contribution in [0.25, 0.3) is 11.5 Å². The predicted molar refractivity (Wildman–Crippen MR) is 64.4 cm³/mol. The molecule has 5 nitrogen and oxygen atoms in total. The Morgan fingerprint density at radius 3 is 2.78 bits per heavy atom. The van der Waals surface area contributed by atoms with Gasteiger partial charge in [0.15, 0.2) is 6.61 Å². The molecule has 5 heteroatoms. The fourth-order valence-corrected chi connectivity index (χ4v) is 1.43. The number of esters is 1. The van der Waals surface area contributed by atoms with Crippen molar-refractivity contribution in [2.75, 3.05) is 0 Å². The summed E-state index contributed by atoms with van der Waals surface area (Å²) >= 11 is 0. The van der Waals surface area contributed by atoms with Gasteiger partial charge in [-0.2, -0.15) is 0 Å². The van der Waals surface area contributed by atoms with E-state index in [0.717, 1.165) is 12.0 Å². The SMILES string of the molecule is CCCC(=O)OCc1nnc(-c2ccccc2)o1. The van der Waals surface area contributed by atoms with Gasteiger partial charge >= 0.3 is 5.97 Å². The molecule has 0 fully saturated rings. The Morgan fingerprint density at radius 1 is 1.28 bits per heavy atom. The maximum Gasteiger partial charge on any atom is 0.306 e. The first-order chi connectivity index (χ1) is 8.79. The third-order valence-corrected chi connectivity index (χ3v) is 2.30. The van der Waals surface area contributed by atoms with Gasteiger partial charge in [-0.3, -0.25) is 4.79 Å². The molecule has 1 aromatic carbocycles. The van der Waals surface area contributed by atoms with Gasteiger partial charge in [-0.05, 0) is 18.6 Å². The molecule has 0 bridgehead atoms. The Labute approximate surface area is 105 Å². The van der Waals surface area contributed by atoms with Crippen LogP contribution in [0.5, 0.6) is 0 Å². The molecule has 0 radical (unpaired) electrons. The molecule has 0 aliphatic heterocycles. The van der Waals surface area contributed by atoms with Gasteiger partial charge in [0.2, 0.25) is 5.89 Å². The minimum Gasteiger partial charge on any atom is -0.456 e. The van der Waals surface area contributed by atoms with Crippen molar-refractivity contribution in [2.24, 2.45) is 0 Å². The van der Waals surface area contributed by atoms with Gasteiger partial charge in [0, 0.05) is 12.0 Å². The van der Waals surface area contributed by atoms with E-state index >= 15 is 0 Å². The lowest BCUT2D eigenvalue weighted by Crippen LogP contribution is -2.03. The van der Waals surface area contributed by atoms with Crippen LogP contribution in [0.1, 0.15) is 25.7 Å². The molecule has 0 aliphatic carbocycles. The Hall–Kier alpha value is -2.17. The lowest BCUT2D eigenvalue weighted by atomic mass is 10.2. The van der Waals surface area contributed by atoms with E-state index in [-0.39, 0.29) is 12.6 Å². The summed E-state index contributed by atoms with van der Waals surface area (Å²) in [5.74, 6) is 0.479. The molecule has 1 heterocycles. The van der Waals surface area contributed by atoms with Gasteiger partial charge in [-0.1, -0.05) is 25.1 Å². The molecule has 0 amide bonds. The Morgan fingerprint density at radius 2 is 2.06 bits per heavy atom. The number of hydrogen-bond acceptors (Lipinski definition) is 5. The van der Waals surface area contributed by atoms with Gasteiger partial charge in [0.1, 0.15) is 0 Å². The highest BCUT2D eigenvalue weighted by atomic mass is 16.5. The summed E-state index contributed by atoms with van der Waals surface area (Å²) in [6.45, 7) is 1.94. The topological polar surface area (TPSA) is 65.2 Å². The van der Waals surface area contributed by atoms with Crippen molar-refractivity contribution < 1.29 is 13.9 Å². The fraction of sp³-hybridized carbons (Fsp3) is 0.308. The average Bonchev–Trinajstić information content (AvgIpc) is 2.87. The molecule has 1 aromatic heterocycles. The fourth-order valence-electron chi connectivity index (χ4n) is 1.43. The highest BCUT2D eigenvalue weighted by Crippen LogP contribution is 2.17. The summed E-state index contributed by atoms with van der Waals surface area (Å²) in [6.07, 6.45) is 1.16. The summed E-state index contributed by atoms with van der Waals surface area (Å²) in [5.41, 5.74) is 0.844. The maximum absolute atomic E-state index is 11.2. The zero-order chi connectivity index (χ0) is 12.8. The standard InChI is InChI=1S/C13H14N2O3/c1-2-6-12(16)17-9-11-14-15-13(18-11)10-7-4-3-5-8-10/h3-5,7-8H,2,6,9H2,1H3. The number of nitrogens with zero attached hydrogens (tertiary/aromatic N) is 2. The molecule has 18 heavy (non-hydrogen) atoms. The zero-order valence-corrected chi connectivity index (χ0v) is 10.1. The van der Waals surface area contributed by atoms with Crippen molar-refractivity contribution in [3.63, 3.8) is 0 Å². The van der Waals surface area contributed by atoms with Crippen LogP contribution in [-0.2, 0) is 16.1 Å². The Kier molecular flexibility index (Phi) is 4.06. The van der Waals surface area contributed by atoms with E-state index < -0.39 is 0 Å². The van der Waals surface area contributed by atoms with Crippen molar-refractivity contribution in [3.8, 4) is 11.5 Å². The van der Waals surface area contributed by atoms with E-state index in [1.165, 1.54) is 0 Å². The number of carbonyl (C=O) groups is 1. The van der Waals surface area contributed by atoms with Gasteiger partial charge in [0.25, 0.3) is 5.89 Å². The largest absolute Gasteiger partial charge is 0.456 e. The van der Waals surface area contributed by atoms with Gasteiger partial charge in [-0.25, -0.2) is 0 Å². The molecule has 0 N–H and O–H groups in total. The minimum atomic E-state index is -0.253. The predicted octanol–water partition coefficient (Wildman–Crippen LogP) is 2.58. The molecule has 0 spiro atoms. The third-order valence-electron chi connectivity index (χ3n) is 2.30. The molecule has 0 saturated carbocycles. The number of aromatic nitrogens is 2. The van der Waals surface area contributed by atoms with E-state index in [0.29, 0.717) is 18.2 Å². The number of rotatable bonds is 5. The average molecular weight is 246 g/mol. The molecule has 94 valence electrons. The van der Waals surface area contributed by atoms with E-state index in [4.69, 9.17) is 9.15 Å². The Bertz CT molecular complexity index is 508. The number of carbonyl (C=O) groups excluding carboxylic acids is 1. The summed E-state index contributed by atoms with van der Waals surface area (Å²) < 4.78 is 10.4. The van der Waals surface area contributed by atoms with E-state index in [1.54, 1.807) is 0 Å². The van der Waals surface area contributed by atoms with Gasteiger partial charge < -0.3 is 9.15 Å². The quantitative estimate of drug-likeness (QED) is 0.758. The summed E-state index contributed by atoms with van der Waals surface area (Å²) in [5, 5.41) is 7.73. The van der Waals surface area contributed by atoms with Crippen LogP contribution < -0.4 is 0 Å². The minimum absolute atomic E-state index is 0.0265. The third kappa shape index (κ3) is 3.16. The van der Waals surface area contributed by atoms with Crippen molar-refractivity contribution in [1.82, 2.24) is 10.2 Å². The molecule has 0 atom stereocenters. The number of benzene rings is 1. The van der Waals surface area contributed by atoms with Crippen molar-refractivity contribution >= 4 is 5.97 Å². The van der Waals surface area contributed by atoms with Crippen LogP contribution >= 0.6 is 0 Å². The number of hydrogen-bond donors (Lipinski definition) is 0. The number of ether oxygens (including phenoxy) is 1. The first-order valence-electron chi connectivity index (χ1n) is 5.83. The van der Waals surface area contributed by atoms with E-state index in [9.17, 15) is 4.79 Å². The lowest BCUT2D eigenvalue weighted by Gasteiger charge is -1.99. The summed E-state index contributed by atoms with van der Waals surface area (Å²) in [4.78, 5) is 11.2. The first kappa shape index (κ1) is 12.3. The van der Waals surface area contributed by atoms with E-state index in [2.05, 4.69) is 10.2 Å². The van der Waals surface area contributed by atoms with Crippen molar-refractivity contribution in [2.45, 2.75) is 26.4 Å². The van der Waals surface area contributed by atoms with Crippen LogP contribution in [0.15, 0.2) is 34.7 Å². The van der Waals surface area contributed by atoms with Gasteiger partial charge in [-0.15, -0.1) is 10.2 Å². The van der Waals surface area contributed by atoms with Crippen LogP contribution in [0, 0.1) is 0 Å². The normalized spacial score (nSPS) is 10.3. The lowest BCUT2D eigenvalue weighted by molar-refractivity contribution is -0.145. The Balaban J connectivity index is 1.97. The van der Waals surface area contributed by atoms with Crippen molar-refractivity contribution in [3.05, 3.63) is 36.2 Å². The van der Waals surface area contributed by atoms with Crippen LogP contribution in [0.2, 0.25) is 0 Å². The van der Waals surface area contributed by atoms with Crippen LogP contribution in [-0.4, -0.2) is 16.2 Å². The maximum atomic E-state index is 11.2. The van der Waals surface area contributed by atoms with Crippen LogP contribution in [0.3, 0.4) is 0 Å². The molecule has 2 rings (SSSR count). The summed E-state index contributed by atoms with van der Waals surface area (Å²) in [6, 6.07) is 9.44. The summed E-state index contributed by atoms with van der Waals surface area (Å²) in [7, 11) is 0. The molecule has 0 unspecified atom stereocenters. The second-order valence-electron chi connectivity index (χ2n) is 3.78. The zero-order valence-electron chi connectivity index (χ0n) is 10.1. The first-order valence-corrected chi connectivity index (χ1v) is 5.83. The highest BCUT2D eigenvalue weighted by molar-refractivity contribution is 5.69. The molecular weight excluding hydrogens is 232 g/mol. The van der Waals surface area contributed by atoms with Crippen LogP contribution in [0.4, 0.5) is 0 Å². The van der Waals surface area contributed by atoms with Crippen molar-refractivity contribution in [1.29, 1.82) is 0 Å². The second-order valence-corrected chi connectivity index (χ2v) is 3.78. The monoisotopic (exact) mass is 246 g/mol. The van der Waals surface area contributed by atoms with E-state index in [1.807, 2.05) is 37.3 Å². The molecular formula is C13H14N2O3.